The molecule has 1 fully saturated rings. The Balaban J connectivity index is -0.00000151. The number of carbonyl (C=O) groups excluding carboxylic acids is 3. The lowest BCUT2D eigenvalue weighted by Gasteiger charge is -2.34. The fourth-order valence-corrected chi connectivity index (χ4v) is 2.40. The average molecular weight is 377 g/mol. The molecule has 0 saturated heterocycles. The minimum absolute atomic E-state index is 0. The van der Waals surface area contributed by atoms with Crippen LogP contribution in [0.1, 0.15) is 56.2 Å². The van der Waals surface area contributed by atoms with Crippen LogP contribution in [0.3, 0.4) is 0 Å². The van der Waals surface area contributed by atoms with Crippen LogP contribution >= 0.6 is 0 Å². The van der Waals surface area contributed by atoms with Crippen LogP contribution in [-0.2, 0) is 23.9 Å². The highest BCUT2D eigenvalue weighted by Gasteiger charge is 2.34. The quantitative estimate of drug-likeness (QED) is 0.509. The monoisotopic (exact) mass is 376 g/mol. The van der Waals surface area contributed by atoms with Crippen molar-refractivity contribution in [1.82, 2.24) is 10.6 Å². The van der Waals surface area contributed by atoms with Gasteiger partial charge in [0.15, 0.2) is 0 Å². The number of hydrogen-bond donors (Lipinski definition) is 2. The second kappa shape index (κ2) is 14.7. The molecule has 0 radical (unpaired) electrons. The Hall–Kier alpha value is -1.47. The van der Waals surface area contributed by atoms with Gasteiger partial charge >= 0.3 is 0 Å². The Bertz CT molecular complexity index is 431. The third kappa shape index (κ3) is 10.5. The predicted molar refractivity (Wildman–Crippen MR) is 105 cm³/mol. The predicted octanol–water partition coefficient (Wildman–Crippen LogP) is 2.18. The first kappa shape index (κ1) is 24.5. The van der Waals surface area contributed by atoms with E-state index in [0.717, 1.165) is 0 Å². The van der Waals surface area contributed by atoms with E-state index in [2.05, 4.69) is 10.6 Å². The summed E-state index contributed by atoms with van der Waals surface area (Å²) in [5, 5.41) is 5.70. The van der Waals surface area contributed by atoms with E-state index in [1.165, 1.54) is 0 Å². The Morgan fingerprint density at radius 1 is 1.08 bits per heavy atom. The first-order valence-corrected chi connectivity index (χ1v) is 9.60. The number of hydrogen-bond acceptors (Lipinski definition) is 5. The first-order valence-electron chi connectivity index (χ1n) is 9.60. The molecule has 0 atom stereocenters. The Morgan fingerprint density at radius 2 is 1.69 bits per heavy atom. The zero-order valence-corrected chi connectivity index (χ0v) is 16.9. The maximum atomic E-state index is 11.8. The second-order valence-electron chi connectivity index (χ2n) is 6.45. The van der Waals surface area contributed by atoms with Gasteiger partial charge in [0.05, 0.1) is 19.8 Å². The lowest BCUT2D eigenvalue weighted by molar-refractivity contribution is -0.131. The summed E-state index contributed by atoms with van der Waals surface area (Å²) in [6.45, 7) is 9.40. The number of nitrogens with one attached hydrogen (secondary N) is 2. The summed E-state index contributed by atoms with van der Waals surface area (Å²) in [6.07, 6.45) is 2.02. The van der Waals surface area contributed by atoms with Crippen molar-refractivity contribution < 1.29 is 26.7 Å². The van der Waals surface area contributed by atoms with Crippen LogP contribution in [0.15, 0.2) is 0 Å². The normalized spacial score (nSPS) is 18.4. The number of Topliss-reactive ketones (excluding diaryl/α,β-unsaturated/α-hetero) is 1. The molecule has 0 aliphatic heterocycles. The number of amides is 2. The maximum absolute atomic E-state index is 11.8. The minimum Gasteiger partial charge on any atom is -0.383 e. The molecule has 0 spiro atoms. The number of ketones is 1. The molecule has 1 saturated carbocycles. The van der Waals surface area contributed by atoms with Crippen LogP contribution in [0.4, 0.5) is 0 Å². The highest BCUT2D eigenvalue weighted by molar-refractivity contribution is 5.81. The van der Waals surface area contributed by atoms with Crippen LogP contribution in [0.5, 0.6) is 0 Å². The average Bonchev–Trinajstić information content (AvgIpc) is 2.59. The molecule has 7 nitrogen and oxygen atoms in total. The molecule has 0 aromatic carbocycles. The summed E-state index contributed by atoms with van der Waals surface area (Å²) in [4.78, 5) is 34.9. The third-order valence-corrected chi connectivity index (χ3v) is 4.09. The van der Waals surface area contributed by atoms with Gasteiger partial charge in [0, 0.05) is 47.2 Å². The topological polar surface area (TPSA) is 93.7 Å². The molecule has 0 unspecified atom stereocenters. The molecule has 1 aliphatic carbocycles. The number of ether oxygens (including phenoxy) is 2. The van der Waals surface area contributed by atoms with Gasteiger partial charge in [-0.05, 0) is 12.8 Å². The fraction of sp³-hybridized carbons (Fsp3) is 0.842. The van der Waals surface area contributed by atoms with Gasteiger partial charge in [0.25, 0.3) is 0 Å². The van der Waals surface area contributed by atoms with Crippen molar-refractivity contribution in [3.8, 4) is 0 Å². The molecule has 0 aromatic heterocycles. The molecule has 2 N–H and O–H groups in total. The van der Waals surface area contributed by atoms with Gasteiger partial charge in [-0.25, -0.2) is 0 Å². The number of methoxy groups -OCH3 is 1. The van der Waals surface area contributed by atoms with E-state index in [9.17, 15) is 14.4 Å². The summed E-state index contributed by atoms with van der Waals surface area (Å²) < 4.78 is 10.2. The van der Waals surface area contributed by atoms with Crippen molar-refractivity contribution in [3.05, 3.63) is 0 Å². The summed E-state index contributed by atoms with van der Waals surface area (Å²) in [5.74, 6) is 0.119. The molecule has 0 heterocycles. The van der Waals surface area contributed by atoms with Crippen LogP contribution < -0.4 is 10.6 Å². The number of carbonyl (C=O) groups is 3. The summed E-state index contributed by atoms with van der Waals surface area (Å²) in [7, 11) is 1.59. The zero-order chi connectivity index (χ0) is 19.9. The largest absolute Gasteiger partial charge is 0.383 e. The van der Waals surface area contributed by atoms with Gasteiger partial charge in [-0.15, -0.1) is 0 Å². The molecule has 1 rings (SSSR count). The Labute approximate surface area is 160 Å². The molecule has 0 aromatic rings. The van der Waals surface area contributed by atoms with Crippen LogP contribution in [0.25, 0.3) is 0 Å². The lowest BCUT2D eigenvalue weighted by atomic mass is 9.79. The smallest absolute Gasteiger partial charge is 0.223 e. The van der Waals surface area contributed by atoms with Crippen LogP contribution in [0, 0.1) is 11.8 Å². The summed E-state index contributed by atoms with van der Waals surface area (Å²) in [6, 6.07) is 0.0678. The van der Waals surface area contributed by atoms with Crippen molar-refractivity contribution in [2.75, 3.05) is 33.5 Å². The standard InChI is InChI=1S/C17H30N2O5.C2H6.2H2/c1-12(2)15(20)4-7-24-8-5-16(21)19-14-10-13(11-14)17(22)18-6-9-23-3;1-2;;/h12-14H,4-11H2,1-3H3,(H,18,22)(H,19,21);1-2H3;2*1H. The van der Waals surface area contributed by atoms with Gasteiger partial charge in [-0.1, -0.05) is 27.7 Å². The molecule has 156 valence electrons. The minimum atomic E-state index is -0.0755. The molecular formula is C19H40N2O5. The SMILES string of the molecule is CC.COCCNC(=O)C1CC(NC(=O)CCOCCC(=O)C(C)C)C1.[HH].[HH]. The highest BCUT2D eigenvalue weighted by atomic mass is 16.5. The molecule has 2 amide bonds. The van der Waals surface area contributed by atoms with Crippen molar-refractivity contribution in [1.29, 1.82) is 0 Å². The van der Waals surface area contributed by atoms with Crippen molar-refractivity contribution >= 4 is 17.6 Å². The second-order valence-corrected chi connectivity index (χ2v) is 6.45. The zero-order valence-electron chi connectivity index (χ0n) is 16.9. The Morgan fingerprint density at radius 3 is 2.27 bits per heavy atom. The molecule has 26 heavy (non-hydrogen) atoms. The molecular weight excluding hydrogens is 336 g/mol. The number of rotatable bonds is 12. The van der Waals surface area contributed by atoms with E-state index in [-0.39, 0.29) is 44.7 Å². The van der Waals surface area contributed by atoms with E-state index < -0.39 is 0 Å². The third-order valence-electron chi connectivity index (χ3n) is 4.09. The van der Waals surface area contributed by atoms with Gasteiger partial charge in [0.2, 0.25) is 11.8 Å². The molecule has 7 heteroatoms. The van der Waals surface area contributed by atoms with E-state index in [1.807, 2.05) is 27.7 Å². The van der Waals surface area contributed by atoms with Gasteiger partial charge in [-0.3, -0.25) is 14.4 Å². The van der Waals surface area contributed by atoms with Crippen LogP contribution in [-0.4, -0.2) is 57.1 Å². The van der Waals surface area contributed by atoms with E-state index in [4.69, 9.17) is 9.47 Å². The maximum Gasteiger partial charge on any atom is 0.223 e. The van der Waals surface area contributed by atoms with Gasteiger partial charge in [-0.2, -0.15) is 0 Å². The van der Waals surface area contributed by atoms with Gasteiger partial charge in [0.1, 0.15) is 5.78 Å². The molecule has 1 aliphatic rings. The van der Waals surface area contributed by atoms with E-state index in [0.29, 0.717) is 45.6 Å². The highest BCUT2D eigenvalue weighted by Crippen LogP contribution is 2.27. The van der Waals surface area contributed by atoms with Crippen molar-refractivity contribution in [2.45, 2.75) is 59.4 Å². The van der Waals surface area contributed by atoms with Gasteiger partial charge < -0.3 is 20.1 Å². The first-order chi connectivity index (χ1) is 12.4. The lowest BCUT2D eigenvalue weighted by Crippen LogP contribution is -2.49. The van der Waals surface area contributed by atoms with E-state index in [1.54, 1.807) is 7.11 Å². The van der Waals surface area contributed by atoms with Crippen molar-refractivity contribution in [2.24, 2.45) is 11.8 Å². The fourth-order valence-electron chi connectivity index (χ4n) is 2.40. The summed E-state index contributed by atoms with van der Waals surface area (Å²) >= 11 is 0. The van der Waals surface area contributed by atoms with Crippen LogP contribution in [0.2, 0.25) is 0 Å². The van der Waals surface area contributed by atoms with E-state index >= 15 is 0 Å². The summed E-state index contributed by atoms with van der Waals surface area (Å²) in [5.41, 5.74) is 0. The van der Waals surface area contributed by atoms with Crippen molar-refractivity contribution in [3.63, 3.8) is 0 Å². The Kier molecular flexibility index (Phi) is 13.8. The molecule has 0 bridgehead atoms.